The number of methoxy groups -OCH3 is 1. The van der Waals surface area contributed by atoms with Crippen LogP contribution < -0.4 is 10.1 Å². The van der Waals surface area contributed by atoms with E-state index in [0.717, 1.165) is 17.9 Å². The van der Waals surface area contributed by atoms with Crippen LogP contribution in [0.3, 0.4) is 0 Å². The Kier molecular flexibility index (Phi) is 5.72. The molecule has 2 aromatic rings. The Hall–Kier alpha value is -1.91. The zero-order valence-corrected chi connectivity index (χ0v) is 12.4. The molecule has 4 heteroatoms. The zero-order chi connectivity index (χ0) is 15.1. The van der Waals surface area contributed by atoms with Gasteiger partial charge in [0.2, 0.25) is 0 Å². The van der Waals surface area contributed by atoms with Gasteiger partial charge in [-0.05, 0) is 36.8 Å². The summed E-state index contributed by atoms with van der Waals surface area (Å²) in [5, 5.41) is 3.28. The lowest BCUT2D eigenvalue weighted by Gasteiger charge is -2.12. The molecule has 0 aliphatic rings. The quantitative estimate of drug-likeness (QED) is 0.789. The molecule has 112 valence electrons. The predicted molar refractivity (Wildman–Crippen MR) is 81.2 cm³/mol. The molecule has 1 N–H and O–H groups in total. The van der Waals surface area contributed by atoms with Crippen molar-refractivity contribution in [2.24, 2.45) is 0 Å². The first-order valence-electron chi connectivity index (χ1n) is 6.92. The van der Waals surface area contributed by atoms with E-state index < -0.39 is 0 Å². The van der Waals surface area contributed by atoms with Crippen molar-refractivity contribution in [3.63, 3.8) is 0 Å². The summed E-state index contributed by atoms with van der Waals surface area (Å²) >= 11 is 0. The summed E-state index contributed by atoms with van der Waals surface area (Å²) in [7, 11) is 1.68. The molecule has 21 heavy (non-hydrogen) atoms. The molecule has 0 aliphatic heterocycles. The maximum atomic E-state index is 13.3. The van der Waals surface area contributed by atoms with E-state index in [1.165, 1.54) is 6.07 Å². The van der Waals surface area contributed by atoms with Crippen LogP contribution in [0, 0.1) is 12.7 Å². The zero-order valence-electron chi connectivity index (χ0n) is 12.4. The summed E-state index contributed by atoms with van der Waals surface area (Å²) < 4.78 is 24.1. The van der Waals surface area contributed by atoms with Gasteiger partial charge in [-0.2, -0.15) is 0 Å². The van der Waals surface area contributed by atoms with Gasteiger partial charge in [-0.15, -0.1) is 0 Å². The number of aryl methyl sites for hydroxylation is 1. The minimum atomic E-state index is -0.225. The van der Waals surface area contributed by atoms with Crippen LogP contribution >= 0.6 is 0 Å². The highest BCUT2D eigenvalue weighted by atomic mass is 19.1. The van der Waals surface area contributed by atoms with E-state index in [2.05, 4.69) is 5.32 Å². The molecule has 0 atom stereocenters. The first-order valence-corrected chi connectivity index (χ1v) is 6.92. The first-order chi connectivity index (χ1) is 10.2. The van der Waals surface area contributed by atoms with E-state index in [9.17, 15) is 4.39 Å². The Morgan fingerprint density at radius 2 is 1.95 bits per heavy atom. The van der Waals surface area contributed by atoms with Gasteiger partial charge in [0.15, 0.2) is 0 Å². The van der Waals surface area contributed by atoms with E-state index in [-0.39, 0.29) is 5.82 Å². The maximum Gasteiger partial charge on any atom is 0.131 e. The standard InChI is InChI=1S/C17H20FNO2/c1-13-11-15(7-8-16(13)18)21-17-6-4-3-5-14(17)12-19-9-10-20-2/h3-8,11,19H,9-10,12H2,1-2H3. The Bertz CT molecular complexity index is 587. The van der Waals surface area contributed by atoms with E-state index in [1.807, 2.05) is 24.3 Å². The maximum absolute atomic E-state index is 13.3. The van der Waals surface area contributed by atoms with Gasteiger partial charge in [0.05, 0.1) is 6.61 Å². The highest BCUT2D eigenvalue weighted by Crippen LogP contribution is 2.26. The fourth-order valence-corrected chi connectivity index (χ4v) is 1.95. The molecule has 0 fully saturated rings. The van der Waals surface area contributed by atoms with Gasteiger partial charge in [-0.1, -0.05) is 18.2 Å². The molecule has 0 bridgehead atoms. The van der Waals surface area contributed by atoms with Crippen LogP contribution in [-0.2, 0) is 11.3 Å². The number of rotatable bonds is 7. The third-order valence-electron chi connectivity index (χ3n) is 3.13. The normalized spacial score (nSPS) is 10.6. The van der Waals surface area contributed by atoms with Gasteiger partial charge in [-0.25, -0.2) is 4.39 Å². The van der Waals surface area contributed by atoms with Crippen molar-refractivity contribution in [1.29, 1.82) is 0 Å². The summed E-state index contributed by atoms with van der Waals surface area (Å²) in [5.41, 5.74) is 1.62. The average molecular weight is 289 g/mol. The number of hydrogen-bond donors (Lipinski definition) is 1. The number of hydrogen-bond acceptors (Lipinski definition) is 3. The second-order valence-electron chi connectivity index (χ2n) is 4.79. The highest BCUT2D eigenvalue weighted by Gasteiger charge is 2.06. The molecule has 3 nitrogen and oxygen atoms in total. The fraction of sp³-hybridized carbons (Fsp3) is 0.294. The molecule has 2 aromatic carbocycles. The van der Waals surface area contributed by atoms with Crippen LogP contribution in [0.15, 0.2) is 42.5 Å². The SMILES string of the molecule is COCCNCc1ccccc1Oc1ccc(F)c(C)c1. The lowest BCUT2D eigenvalue weighted by Crippen LogP contribution is -2.18. The van der Waals surface area contributed by atoms with Crippen molar-refractivity contribution in [2.75, 3.05) is 20.3 Å². The molecule has 0 saturated heterocycles. The second-order valence-corrected chi connectivity index (χ2v) is 4.79. The van der Waals surface area contributed by atoms with Crippen molar-refractivity contribution < 1.29 is 13.9 Å². The Morgan fingerprint density at radius 1 is 1.14 bits per heavy atom. The first kappa shape index (κ1) is 15.5. The number of nitrogens with one attached hydrogen (secondary N) is 1. The van der Waals surface area contributed by atoms with Gasteiger partial charge in [0.25, 0.3) is 0 Å². The van der Waals surface area contributed by atoms with Crippen molar-refractivity contribution in [1.82, 2.24) is 5.32 Å². The van der Waals surface area contributed by atoms with Gasteiger partial charge < -0.3 is 14.8 Å². The molecule has 0 radical (unpaired) electrons. The van der Waals surface area contributed by atoms with E-state index in [0.29, 0.717) is 24.5 Å². The molecule has 2 rings (SSSR count). The smallest absolute Gasteiger partial charge is 0.131 e. The van der Waals surface area contributed by atoms with Gasteiger partial charge in [0, 0.05) is 25.8 Å². The third-order valence-corrected chi connectivity index (χ3v) is 3.13. The van der Waals surface area contributed by atoms with Gasteiger partial charge >= 0.3 is 0 Å². The average Bonchev–Trinajstić information content (AvgIpc) is 2.49. The fourth-order valence-electron chi connectivity index (χ4n) is 1.95. The molecular weight excluding hydrogens is 269 g/mol. The molecular formula is C17H20FNO2. The van der Waals surface area contributed by atoms with Crippen LogP contribution in [0.4, 0.5) is 4.39 Å². The van der Waals surface area contributed by atoms with Crippen molar-refractivity contribution in [3.8, 4) is 11.5 Å². The van der Waals surface area contributed by atoms with Crippen molar-refractivity contribution in [2.45, 2.75) is 13.5 Å². The monoisotopic (exact) mass is 289 g/mol. The van der Waals surface area contributed by atoms with Crippen molar-refractivity contribution >= 4 is 0 Å². The van der Waals surface area contributed by atoms with Gasteiger partial charge in [0.1, 0.15) is 17.3 Å². The Labute approximate surface area is 124 Å². The predicted octanol–water partition coefficient (Wildman–Crippen LogP) is 3.66. The minimum Gasteiger partial charge on any atom is -0.457 e. The van der Waals surface area contributed by atoms with E-state index in [4.69, 9.17) is 9.47 Å². The number of para-hydroxylation sites is 1. The summed E-state index contributed by atoms with van der Waals surface area (Å²) in [6, 6.07) is 12.6. The highest BCUT2D eigenvalue weighted by molar-refractivity contribution is 5.39. The Balaban J connectivity index is 2.06. The molecule has 0 heterocycles. The summed E-state index contributed by atoms with van der Waals surface area (Å²) in [5.74, 6) is 1.18. The van der Waals surface area contributed by atoms with Crippen LogP contribution in [0.5, 0.6) is 11.5 Å². The van der Waals surface area contributed by atoms with Crippen molar-refractivity contribution in [3.05, 3.63) is 59.4 Å². The summed E-state index contributed by atoms with van der Waals surface area (Å²) in [6.45, 7) is 3.86. The third kappa shape index (κ3) is 4.55. The van der Waals surface area contributed by atoms with Crippen LogP contribution in [0.25, 0.3) is 0 Å². The lowest BCUT2D eigenvalue weighted by atomic mass is 10.2. The summed E-state index contributed by atoms with van der Waals surface area (Å²) in [4.78, 5) is 0. The van der Waals surface area contributed by atoms with Crippen LogP contribution in [-0.4, -0.2) is 20.3 Å². The Morgan fingerprint density at radius 3 is 2.71 bits per heavy atom. The molecule has 0 spiro atoms. The van der Waals surface area contributed by atoms with Gasteiger partial charge in [-0.3, -0.25) is 0 Å². The minimum absolute atomic E-state index is 0.225. The molecule has 0 unspecified atom stereocenters. The second kappa shape index (κ2) is 7.76. The van der Waals surface area contributed by atoms with Crippen LogP contribution in [0.1, 0.15) is 11.1 Å². The van der Waals surface area contributed by atoms with E-state index in [1.54, 1.807) is 26.2 Å². The lowest BCUT2D eigenvalue weighted by molar-refractivity contribution is 0.199. The van der Waals surface area contributed by atoms with Crippen LogP contribution in [0.2, 0.25) is 0 Å². The topological polar surface area (TPSA) is 30.5 Å². The van der Waals surface area contributed by atoms with E-state index >= 15 is 0 Å². The number of halogens is 1. The largest absolute Gasteiger partial charge is 0.457 e. The summed E-state index contributed by atoms with van der Waals surface area (Å²) in [6.07, 6.45) is 0. The number of benzene rings is 2. The number of ether oxygens (including phenoxy) is 2. The molecule has 0 amide bonds. The molecule has 0 aliphatic carbocycles. The molecule has 0 aromatic heterocycles. The molecule has 0 saturated carbocycles.